The van der Waals surface area contributed by atoms with Crippen LogP contribution in [0.3, 0.4) is 0 Å². The lowest BCUT2D eigenvalue weighted by atomic mass is 10.1. The highest BCUT2D eigenvalue weighted by Crippen LogP contribution is 2.17. The molecule has 1 heterocycles. The topological polar surface area (TPSA) is 78.7 Å². The second-order valence-electron chi connectivity index (χ2n) is 6.47. The van der Waals surface area contributed by atoms with Crippen molar-refractivity contribution in [1.29, 1.82) is 0 Å². The van der Waals surface area contributed by atoms with Crippen LogP contribution in [0.5, 0.6) is 0 Å². The van der Waals surface area contributed by atoms with E-state index in [1.54, 1.807) is 24.3 Å². The minimum absolute atomic E-state index is 0.0509. The van der Waals surface area contributed by atoms with Gasteiger partial charge in [-0.2, -0.15) is 0 Å². The van der Waals surface area contributed by atoms with E-state index in [0.717, 1.165) is 26.2 Å². The Bertz CT molecular complexity index is 753. The standard InChI is InChI=1S/C20H24N4O2/c1-15(20(26)22-17-9-7-16(8-10-17)19(21)25)23-11-13-24(14-12-23)18-5-3-2-4-6-18/h2-10,15H,11-14H2,1H3,(H2,21,25)(H,22,26)/t15-/m1/s1. The zero-order chi connectivity index (χ0) is 18.5. The van der Waals surface area contributed by atoms with E-state index in [2.05, 4.69) is 27.2 Å². The van der Waals surface area contributed by atoms with Gasteiger partial charge in [-0.05, 0) is 43.3 Å². The zero-order valence-electron chi connectivity index (χ0n) is 14.9. The van der Waals surface area contributed by atoms with Crippen molar-refractivity contribution in [2.45, 2.75) is 13.0 Å². The molecule has 6 nitrogen and oxygen atoms in total. The normalized spacial score (nSPS) is 16.1. The van der Waals surface area contributed by atoms with Gasteiger partial charge < -0.3 is 16.0 Å². The summed E-state index contributed by atoms with van der Waals surface area (Å²) in [6.07, 6.45) is 0. The number of hydrogen-bond donors (Lipinski definition) is 2. The highest BCUT2D eigenvalue weighted by molar-refractivity contribution is 5.96. The first-order valence-electron chi connectivity index (χ1n) is 8.79. The Morgan fingerprint density at radius 1 is 0.962 bits per heavy atom. The van der Waals surface area contributed by atoms with E-state index in [1.807, 2.05) is 25.1 Å². The van der Waals surface area contributed by atoms with Crippen molar-refractivity contribution in [3.63, 3.8) is 0 Å². The van der Waals surface area contributed by atoms with E-state index in [1.165, 1.54) is 5.69 Å². The summed E-state index contributed by atoms with van der Waals surface area (Å²) in [5, 5.41) is 2.90. The maximum Gasteiger partial charge on any atom is 0.248 e. The average molecular weight is 352 g/mol. The molecule has 2 aromatic rings. The fraction of sp³-hybridized carbons (Fsp3) is 0.300. The summed E-state index contributed by atoms with van der Waals surface area (Å²) in [4.78, 5) is 28.2. The van der Waals surface area contributed by atoms with E-state index in [4.69, 9.17) is 5.73 Å². The van der Waals surface area contributed by atoms with E-state index in [9.17, 15) is 9.59 Å². The van der Waals surface area contributed by atoms with Crippen LogP contribution in [0.4, 0.5) is 11.4 Å². The molecule has 0 radical (unpaired) electrons. The SMILES string of the molecule is C[C@H](C(=O)Nc1ccc(C(N)=O)cc1)N1CCN(c2ccccc2)CC1. The molecule has 1 aliphatic heterocycles. The lowest BCUT2D eigenvalue weighted by molar-refractivity contribution is -0.120. The molecule has 3 N–H and O–H groups in total. The Labute approximate surface area is 153 Å². The molecular weight excluding hydrogens is 328 g/mol. The molecule has 1 fully saturated rings. The third-order valence-electron chi connectivity index (χ3n) is 4.80. The van der Waals surface area contributed by atoms with Gasteiger partial charge in [0.1, 0.15) is 0 Å². The van der Waals surface area contributed by atoms with Gasteiger partial charge in [-0.15, -0.1) is 0 Å². The molecule has 26 heavy (non-hydrogen) atoms. The van der Waals surface area contributed by atoms with Gasteiger partial charge in [0.05, 0.1) is 6.04 Å². The summed E-state index contributed by atoms with van der Waals surface area (Å²) >= 11 is 0. The largest absolute Gasteiger partial charge is 0.369 e. The van der Waals surface area contributed by atoms with Crippen molar-refractivity contribution in [1.82, 2.24) is 4.90 Å². The summed E-state index contributed by atoms with van der Waals surface area (Å²) in [6.45, 7) is 5.39. The number of rotatable bonds is 5. The van der Waals surface area contributed by atoms with Crippen molar-refractivity contribution in [3.05, 3.63) is 60.2 Å². The highest BCUT2D eigenvalue weighted by Gasteiger charge is 2.25. The van der Waals surface area contributed by atoms with Gasteiger partial charge in [0.15, 0.2) is 0 Å². The number of amides is 2. The van der Waals surface area contributed by atoms with E-state index < -0.39 is 5.91 Å². The number of para-hydroxylation sites is 1. The van der Waals surface area contributed by atoms with Gasteiger partial charge in [-0.1, -0.05) is 18.2 Å². The third kappa shape index (κ3) is 4.21. The molecule has 0 aliphatic carbocycles. The second-order valence-corrected chi connectivity index (χ2v) is 6.47. The molecule has 0 bridgehead atoms. The molecular formula is C20H24N4O2. The molecule has 1 atom stereocenters. The lowest BCUT2D eigenvalue weighted by Crippen LogP contribution is -2.52. The van der Waals surface area contributed by atoms with E-state index >= 15 is 0 Å². The summed E-state index contributed by atoms with van der Waals surface area (Å²) in [5.74, 6) is -0.530. The van der Waals surface area contributed by atoms with Crippen LogP contribution in [0.25, 0.3) is 0 Å². The first-order valence-corrected chi connectivity index (χ1v) is 8.79. The number of nitrogens with two attached hydrogens (primary N) is 1. The Morgan fingerprint density at radius 3 is 2.15 bits per heavy atom. The fourth-order valence-corrected chi connectivity index (χ4v) is 3.14. The van der Waals surface area contributed by atoms with Crippen LogP contribution in [0.2, 0.25) is 0 Å². The monoisotopic (exact) mass is 352 g/mol. The van der Waals surface area contributed by atoms with Gasteiger partial charge in [0, 0.05) is 43.1 Å². The predicted molar refractivity (Wildman–Crippen MR) is 103 cm³/mol. The summed E-state index contributed by atoms with van der Waals surface area (Å²) in [5.41, 5.74) is 7.53. The molecule has 2 amide bonds. The predicted octanol–water partition coefficient (Wildman–Crippen LogP) is 1.93. The number of nitrogens with one attached hydrogen (secondary N) is 1. The molecule has 2 aromatic carbocycles. The molecule has 1 aliphatic rings. The first-order chi connectivity index (χ1) is 12.5. The van der Waals surface area contributed by atoms with Gasteiger partial charge in [-0.25, -0.2) is 0 Å². The number of hydrogen-bond acceptors (Lipinski definition) is 4. The molecule has 0 saturated carbocycles. The summed E-state index contributed by atoms with van der Waals surface area (Å²) < 4.78 is 0. The fourth-order valence-electron chi connectivity index (χ4n) is 3.14. The Kier molecular flexibility index (Phi) is 5.53. The van der Waals surface area contributed by atoms with E-state index in [-0.39, 0.29) is 11.9 Å². The van der Waals surface area contributed by atoms with Crippen LogP contribution in [0.1, 0.15) is 17.3 Å². The first kappa shape index (κ1) is 17.9. The van der Waals surface area contributed by atoms with Gasteiger partial charge in [0.25, 0.3) is 0 Å². The maximum atomic E-state index is 12.5. The lowest BCUT2D eigenvalue weighted by Gasteiger charge is -2.38. The Morgan fingerprint density at radius 2 is 1.58 bits per heavy atom. The van der Waals surface area contributed by atoms with Crippen LogP contribution < -0.4 is 16.0 Å². The third-order valence-corrected chi connectivity index (χ3v) is 4.80. The Hall–Kier alpha value is -2.86. The van der Waals surface area contributed by atoms with Crippen molar-refractivity contribution in [2.24, 2.45) is 5.73 Å². The summed E-state index contributed by atoms with van der Waals surface area (Å²) in [7, 11) is 0. The van der Waals surface area contributed by atoms with Crippen molar-refractivity contribution in [2.75, 3.05) is 36.4 Å². The van der Waals surface area contributed by atoms with E-state index in [0.29, 0.717) is 11.3 Å². The van der Waals surface area contributed by atoms with Gasteiger partial charge in [0.2, 0.25) is 11.8 Å². The highest BCUT2D eigenvalue weighted by atomic mass is 16.2. The van der Waals surface area contributed by atoms with Crippen molar-refractivity contribution in [3.8, 4) is 0 Å². The maximum absolute atomic E-state index is 12.5. The van der Waals surface area contributed by atoms with Crippen molar-refractivity contribution >= 4 is 23.2 Å². The van der Waals surface area contributed by atoms with Gasteiger partial charge in [-0.3, -0.25) is 14.5 Å². The molecule has 0 unspecified atom stereocenters. The molecule has 3 rings (SSSR count). The molecule has 0 aromatic heterocycles. The number of carbonyl (C=O) groups excluding carboxylic acids is 2. The molecule has 6 heteroatoms. The van der Waals surface area contributed by atoms with Crippen LogP contribution >= 0.6 is 0 Å². The number of carbonyl (C=O) groups is 2. The molecule has 0 spiro atoms. The smallest absolute Gasteiger partial charge is 0.248 e. The zero-order valence-corrected chi connectivity index (χ0v) is 14.9. The number of primary amides is 1. The number of piperazine rings is 1. The quantitative estimate of drug-likeness (QED) is 0.862. The van der Waals surface area contributed by atoms with Crippen LogP contribution in [-0.4, -0.2) is 48.9 Å². The van der Waals surface area contributed by atoms with Crippen LogP contribution in [0, 0.1) is 0 Å². The summed E-state index contributed by atoms with van der Waals surface area (Å²) in [6, 6.07) is 16.7. The van der Waals surface area contributed by atoms with Crippen molar-refractivity contribution < 1.29 is 9.59 Å². The molecule has 136 valence electrons. The number of nitrogens with zero attached hydrogens (tertiary/aromatic N) is 2. The number of benzene rings is 2. The van der Waals surface area contributed by atoms with Crippen LogP contribution in [0.15, 0.2) is 54.6 Å². The minimum atomic E-state index is -0.479. The Balaban J connectivity index is 1.53. The van der Waals surface area contributed by atoms with Gasteiger partial charge >= 0.3 is 0 Å². The minimum Gasteiger partial charge on any atom is -0.369 e. The van der Waals surface area contributed by atoms with Crippen LogP contribution in [-0.2, 0) is 4.79 Å². The average Bonchev–Trinajstić information content (AvgIpc) is 2.68. The molecule has 1 saturated heterocycles. The second kappa shape index (κ2) is 8.01. The number of anilines is 2.